The van der Waals surface area contributed by atoms with Crippen LogP contribution in [0.15, 0.2) is 182 Å². The van der Waals surface area contributed by atoms with Crippen LogP contribution < -0.4 is 4.74 Å². The van der Waals surface area contributed by atoms with E-state index in [4.69, 9.17) is 28.4 Å². The highest BCUT2D eigenvalue weighted by atomic mass is 16.6. The van der Waals surface area contributed by atoms with Crippen LogP contribution in [0.25, 0.3) is 0 Å². The first-order valence-corrected chi connectivity index (χ1v) is 19.1. The van der Waals surface area contributed by atoms with Gasteiger partial charge >= 0.3 is 0 Å². The van der Waals surface area contributed by atoms with Gasteiger partial charge in [-0.3, -0.25) is 0 Å². The molecule has 7 rings (SSSR count). The average molecular weight is 749 g/mol. The van der Waals surface area contributed by atoms with Gasteiger partial charge in [0.1, 0.15) is 42.2 Å². The van der Waals surface area contributed by atoms with Crippen LogP contribution in [0, 0.1) is 0 Å². The van der Waals surface area contributed by atoms with E-state index in [0.29, 0.717) is 56.5 Å². The molecular formula is C49H48O7. The van der Waals surface area contributed by atoms with E-state index in [-0.39, 0.29) is 12.4 Å². The topological polar surface area (TPSA) is 75.6 Å². The number of benzene rings is 6. The van der Waals surface area contributed by atoms with E-state index in [9.17, 15) is 5.11 Å². The Morgan fingerprint density at radius 2 is 0.964 bits per heavy atom. The molecule has 7 nitrogen and oxygen atoms in total. The molecule has 1 aliphatic rings. The highest BCUT2D eigenvalue weighted by molar-refractivity contribution is 5.41. The summed E-state index contributed by atoms with van der Waals surface area (Å²) in [5.41, 5.74) is 5.89. The van der Waals surface area contributed by atoms with Crippen molar-refractivity contribution in [1.82, 2.24) is 0 Å². The highest BCUT2D eigenvalue weighted by Crippen LogP contribution is 2.34. The number of hydrogen-bond donors (Lipinski definition) is 1. The van der Waals surface area contributed by atoms with Gasteiger partial charge in [-0.15, -0.1) is 0 Å². The fraction of sp³-hybridized carbons (Fsp3) is 0.224. The summed E-state index contributed by atoms with van der Waals surface area (Å²) >= 11 is 0. The molecule has 1 aliphatic heterocycles. The minimum absolute atomic E-state index is 0.162. The Morgan fingerprint density at radius 1 is 0.500 bits per heavy atom. The predicted octanol–water partition coefficient (Wildman–Crippen LogP) is 9.77. The molecule has 1 N–H and O–H groups in total. The second kappa shape index (κ2) is 20.3. The summed E-state index contributed by atoms with van der Waals surface area (Å²) in [6, 6.07) is 55.6. The summed E-state index contributed by atoms with van der Waals surface area (Å²) in [6.45, 7) is 2.10. The molecule has 6 aromatic carbocycles. The van der Waals surface area contributed by atoms with Crippen molar-refractivity contribution in [2.75, 3.05) is 6.61 Å². The third-order valence-electron chi connectivity index (χ3n) is 9.62. The fourth-order valence-electron chi connectivity index (χ4n) is 6.64. The maximum atomic E-state index is 11.0. The lowest BCUT2D eigenvalue weighted by atomic mass is 9.95. The van der Waals surface area contributed by atoms with E-state index in [2.05, 4.69) is 0 Å². The van der Waals surface area contributed by atoms with Gasteiger partial charge in [0.05, 0.1) is 33.0 Å². The average Bonchev–Trinajstić information content (AvgIpc) is 3.25. The first kappa shape index (κ1) is 38.6. The Labute approximate surface area is 329 Å². The molecule has 56 heavy (non-hydrogen) atoms. The van der Waals surface area contributed by atoms with Crippen LogP contribution in [0.3, 0.4) is 0 Å². The smallest absolute Gasteiger partial charge is 0.150 e. The van der Waals surface area contributed by atoms with Crippen LogP contribution >= 0.6 is 0 Å². The van der Waals surface area contributed by atoms with Crippen molar-refractivity contribution in [3.05, 3.63) is 215 Å². The zero-order chi connectivity index (χ0) is 38.2. The molecule has 0 unspecified atom stereocenters. The van der Waals surface area contributed by atoms with Gasteiger partial charge in [0.25, 0.3) is 0 Å². The van der Waals surface area contributed by atoms with Gasteiger partial charge in [-0.1, -0.05) is 152 Å². The van der Waals surface area contributed by atoms with Crippen molar-refractivity contribution in [3.63, 3.8) is 0 Å². The van der Waals surface area contributed by atoms with Crippen molar-refractivity contribution in [3.8, 4) is 11.5 Å². The van der Waals surface area contributed by atoms with E-state index in [1.807, 2.05) is 164 Å². The highest BCUT2D eigenvalue weighted by Gasteiger charge is 2.46. The molecule has 0 aliphatic carbocycles. The standard InChI is InChI=1S/C49H48O7/c50-44-28-27-43(52-32-38-18-8-2-9-19-38)30-42(44)26-29-45-47(53-33-39-20-10-3-11-21-39)49(55-35-41-24-14-5-15-25-41)48(54-34-40-22-12-4-13-23-40)46(56-45)36-51-31-37-16-6-1-7-17-37/h1-25,27-30,46-50H,26,31-36H2/b45-29-/t46-,47+,48-,49-/m1/s1. The zero-order valence-electron chi connectivity index (χ0n) is 31.4. The van der Waals surface area contributed by atoms with E-state index in [0.717, 1.165) is 27.8 Å². The maximum Gasteiger partial charge on any atom is 0.150 e. The van der Waals surface area contributed by atoms with Gasteiger partial charge in [-0.25, -0.2) is 0 Å². The molecule has 0 saturated carbocycles. The van der Waals surface area contributed by atoms with Gasteiger partial charge in [0.15, 0.2) is 6.10 Å². The molecule has 1 fully saturated rings. The van der Waals surface area contributed by atoms with Crippen molar-refractivity contribution < 1.29 is 33.5 Å². The summed E-state index contributed by atoms with van der Waals surface area (Å²) in [5.74, 6) is 1.41. The van der Waals surface area contributed by atoms with Crippen molar-refractivity contribution in [2.24, 2.45) is 0 Å². The molecule has 7 heteroatoms. The fourth-order valence-corrected chi connectivity index (χ4v) is 6.64. The first-order valence-electron chi connectivity index (χ1n) is 19.1. The largest absolute Gasteiger partial charge is 0.508 e. The second-order valence-corrected chi connectivity index (χ2v) is 13.8. The van der Waals surface area contributed by atoms with E-state index in [1.54, 1.807) is 12.1 Å². The third kappa shape index (κ3) is 11.2. The Bertz CT molecular complexity index is 2060. The number of allylic oxidation sites excluding steroid dienone is 1. The van der Waals surface area contributed by atoms with Crippen LogP contribution in [0.5, 0.6) is 11.5 Å². The van der Waals surface area contributed by atoms with Gasteiger partial charge in [0, 0.05) is 5.56 Å². The molecule has 1 saturated heterocycles. The number of phenolic OH excluding ortho intramolecular Hbond substituents is 1. The van der Waals surface area contributed by atoms with E-state index in [1.165, 1.54) is 0 Å². The lowest BCUT2D eigenvalue weighted by Crippen LogP contribution is -2.56. The van der Waals surface area contributed by atoms with Crippen molar-refractivity contribution in [2.45, 2.75) is 63.9 Å². The lowest BCUT2D eigenvalue weighted by Gasteiger charge is -2.43. The number of rotatable bonds is 18. The summed E-state index contributed by atoms with van der Waals surface area (Å²) in [6.07, 6.45) is -0.00184. The summed E-state index contributed by atoms with van der Waals surface area (Å²) in [4.78, 5) is 0. The normalized spacial score (nSPS) is 18.7. The number of aromatic hydroxyl groups is 1. The molecule has 1 heterocycles. The second-order valence-electron chi connectivity index (χ2n) is 13.8. The minimum Gasteiger partial charge on any atom is -0.508 e. The van der Waals surface area contributed by atoms with Gasteiger partial charge < -0.3 is 33.5 Å². The Morgan fingerprint density at radius 3 is 1.50 bits per heavy atom. The van der Waals surface area contributed by atoms with E-state index < -0.39 is 24.4 Å². The molecule has 0 aromatic heterocycles. The van der Waals surface area contributed by atoms with Crippen LogP contribution in [0.2, 0.25) is 0 Å². The van der Waals surface area contributed by atoms with Crippen LogP contribution in [0.4, 0.5) is 0 Å². The Hall–Kier alpha value is -5.70. The maximum absolute atomic E-state index is 11.0. The zero-order valence-corrected chi connectivity index (χ0v) is 31.4. The number of phenols is 1. The molecule has 4 atom stereocenters. The Balaban J connectivity index is 1.20. The first-order chi connectivity index (χ1) is 27.7. The van der Waals surface area contributed by atoms with Crippen LogP contribution in [0.1, 0.15) is 33.4 Å². The van der Waals surface area contributed by atoms with Crippen LogP contribution in [-0.2, 0) is 63.1 Å². The van der Waals surface area contributed by atoms with Crippen molar-refractivity contribution >= 4 is 0 Å². The van der Waals surface area contributed by atoms with E-state index >= 15 is 0 Å². The van der Waals surface area contributed by atoms with Crippen LogP contribution in [-0.4, -0.2) is 36.1 Å². The van der Waals surface area contributed by atoms with Gasteiger partial charge in [-0.05, 0) is 58.5 Å². The third-order valence-corrected chi connectivity index (χ3v) is 9.62. The molecular weight excluding hydrogens is 701 g/mol. The molecule has 286 valence electrons. The molecule has 0 spiro atoms. The number of hydrogen-bond acceptors (Lipinski definition) is 7. The predicted molar refractivity (Wildman–Crippen MR) is 217 cm³/mol. The Kier molecular flexibility index (Phi) is 14.0. The molecule has 0 radical (unpaired) electrons. The summed E-state index contributed by atoms with van der Waals surface area (Å²) in [5, 5.41) is 11.0. The molecule has 0 bridgehead atoms. The monoisotopic (exact) mass is 748 g/mol. The lowest BCUT2D eigenvalue weighted by molar-refractivity contribution is -0.223. The van der Waals surface area contributed by atoms with Gasteiger partial charge in [0.2, 0.25) is 0 Å². The minimum atomic E-state index is -0.648. The number of ether oxygens (including phenoxy) is 6. The van der Waals surface area contributed by atoms with Crippen molar-refractivity contribution in [1.29, 1.82) is 0 Å². The SMILES string of the molecule is Oc1ccc(OCc2ccccc2)cc1C/C=C1\O[C@H](COCc2ccccc2)[C@@H](OCc2ccccc2)[C@H](OCc2ccccc2)[C@H]1OCc1ccccc1. The summed E-state index contributed by atoms with van der Waals surface area (Å²) < 4.78 is 39.8. The van der Waals surface area contributed by atoms with Gasteiger partial charge in [-0.2, -0.15) is 0 Å². The molecule has 0 amide bonds. The summed E-state index contributed by atoms with van der Waals surface area (Å²) in [7, 11) is 0. The molecule has 6 aromatic rings. The quantitative estimate of drug-likeness (QED) is 0.0939.